The van der Waals surface area contributed by atoms with Crippen molar-refractivity contribution in [2.75, 3.05) is 12.4 Å². The molecule has 1 rings (SSSR count). The number of rotatable bonds is 5. The van der Waals surface area contributed by atoms with Crippen molar-refractivity contribution in [3.8, 4) is 0 Å². The van der Waals surface area contributed by atoms with Crippen molar-refractivity contribution in [3.63, 3.8) is 0 Å². The van der Waals surface area contributed by atoms with Crippen LogP contribution < -0.4 is 10.6 Å². The molecule has 0 saturated carbocycles. The molecule has 0 fully saturated rings. The van der Waals surface area contributed by atoms with Gasteiger partial charge in [0.25, 0.3) is 0 Å². The topological polar surface area (TPSA) is 24.1 Å². The van der Waals surface area contributed by atoms with Gasteiger partial charge in [-0.2, -0.15) is 0 Å². The van der Waals surface area contributed by atoms with E-state index >= 15 is 0 Å². The Hall–Kier alpha value is -1.44. The van der Waals surface area contributed by atoms with Gasteiger partial charge >= 0.3 is 0 Å². The number of hydrogen-bond donors (Lipinski definition) is 2. The van der Waals surface area contributed by atoms with Crippen LogP contribution in [0.15, 0.2) is 36.5 Å². The van der Waals surface area contributed by atoms with Crippen LogP contribution in [-0.2, 0) is 6.54 Å². The molecule has 0 heterocycles. The molecule has 76 valence electrons. The first-order valence-electron chi connectivity index (χ1n) is 4.94. The van der Waals surface area contributed by atoms with Crippen LogP contribution in [0.4, 0.5) is 5.69 Å². The summed E-state index contributed by atoms with van der Waals surface area (Å²) >= 11 is 0. The first-order valence-corrected chi connectivity index (χ1v) is 4.94. The molecular formula is C12H18N2. The van der Waals surface area contributed by atoms with Gasteiger partial charge in [0.1, 0.15) is 0 Å². The van der Waals surface area contributed by atoms with Crippen LogP contribution in [0.2, 0.25) is 0 Å². The molecule has 2 heteroatoms. The number of benzene rings is 1. The maximum absolute atomic E-state index is 3.90. The summed E-state index contributed by atoms with van der Waals surface area (Å²) in [7, 11) is 1.93. The van der Waals surface area contributed by atoms with Crippen LogP contribution in [0.5, 0.6) is 0 Å². The zero-order valence-electron chi connectivity index (χ0n) is 8.93. The van der Waals surface area contributed by atoms with Gasteiger partial charge in [0.15, 0.2) is 0 Å². The van der Waals surface area contributed by atoms with Gasteiger partial charge in [-0.15, -0.1) is 0 Å². The summed E-state index contributed by atoms with van der Waals surface area (Å²) in [5.41, 5.74) is 3.50. The van der Waals surface area contributed by atoms with Crippen molar-refractivity contribution in [2.24, 2.45) is 0 Å². The Bertz CT molecular complexity index is 305. The van der Waals surface area contributed by atoms with E-state index in [9.17, 15) is 0 Å². The Labute approximate surface area is 86.0 Å². The van der Waals surface area contributed by atoms with Gasteiger partial charge in [-0.1, -0.05) is 25.6 Å². The highest BCUT2D eigenvalue weighted by Crippen LogP contribution is 2.09. The molecule has 0 radical (unpaired) electrons. The average molecular weight is 190 g/mol. The standard InChI is InChI=1S/C12H18N2/c1-4-10(2)14-9-11-6-5-7-12(8-11)13-3/h5-8,13-14H,2,4,9H2,1,3H3. The van der Waals surface area contributed by atoms with E-state index in [1.54, 1.807) is 0 Å². The third-order valence-electron chi connectivity index (χ3n) is 2.18. The second-order valence-corrected chi connectivity index (χ2v) is 3.26. The molecule has 2 nitrogen and oxygen atoms in total. The second kappa shape index (κ2) is 5.32. The molecule has 0 aliphatic heterocycles. The zero-order valence-corrected chi connectivity index (χ0v) is 8.93. The number of allylic oxidation sites excluding steroid dienone is 1. The quantitative estimate of drug-likeness (QED) is 0.746. The average Bonchev–Trinajstić information content (AvgIpc) is 2.26. The molecule has 1 aromatic rings. The van der Waals surface area contributed by atoms with E-state index in [0.29, 0.717) is 0 Å². The van der Waals surface area contributed by atoms with E-state index in [0.717, 1.165) is 24.4 Å². The predicted octanol–water partition coefficient (Wildman–Crippen LogP) is 2.74. The fourth-order valence-corrected chi connectivity index (χ4v) is 1.19. The summed E-state index contributed by atoms with van der Waals surface area (Å²) in [6.45, 7) is 6.85. The zero-order chi connectivity index (χ0) is 10.4. The van der Waals surface area contributed by atoms with Crippen molar-refractivity contribution in [2.45, 2.75) is 19.9 Å². The fraction of sp³-hybridized carbons (Fsp3) is 0.333. The summed E-state index contributed by atoms with van der Waals surface area (Å²) in [5, 5.41) is 6.40. The van der Waals surface area contributed by atoms with Crippen LogP contribution in [-0.4, -0.2) is 7.05 Å². The van der Waals surface area contributed by atoms with E-state index < -0.39 is 0 Å². The summed E-state index contributed by atoms with van der Waals surface area (Å²) in [6.07, 6.45) is 0.978. The molecule has 0 spiro atoms. The lowest BCUT2D eigenvalue weighted by molar-refractivity contribution is 0.777. The Morgan fingerprint density at radius 2 is 2.21 bits per heavy atom. The molecule has 0 bridgehead atoms. The van der Waals surface area contributed by atoms with Crippen LogP contribution in [0, 0.1) is 0 Å². The maximum Gasteiger partial charge on any atom is 0.0398 e. The molecule has 0 aromatic heterocycles. The van der Waals surface area contributed by atoms with Gasteiger partial charge in [0.2, 0.25) is 0 Å². The monoisotopic (exact) mass is 190 g/mol. The summed E-state index contributed by atoms with van der Waals surface area (Å²) in [6, 6.07) is 8.35. The highest BCUT2D eigenvalue weighted by Gasteiger charge is 1.94. The second-order valence-electron chi connectivity index (χ2n) is 3.26. The van der Waals surface area contributed by atoms with Crippen molar-refractivity contribution >= 4 is 5.69 Å². The van der Waals surface area contributed by atoms with Gasteiger partial charge in [-0.05, 0) is 24.1 Å². The molecule has 1 aromatic carbocycles. The van der Waals surface area contributed by atoms with Crippen molar-refractivity contribution < 1.29 is 0 Å². The van der Waals surface area contributed by atoms with Gasteiger partial charge in [-0.3, -0.25) is 0 Å². The molecule has 0 aliphatic rings. The summed E-state index contributed by atoms with van der Waals surface area (Å²) in [4.78, 5) is 0. The molecule has 14 heavy (non-hydrogen) atoms. The number of hydrogen-bond acceptors (Lipinski definition) is 2. The van der Waals surface area contributed by atoms with E-state index in [1.165, 1.54) is 5.56 Å². The summed E-state index contributed by atoms with van der Waals surface area (Å²) in [5.74, 6) is 0. The fourth-order valence-electron chi connectivity index (χ4n) is 1.19. The lowest BCUT2D eigenvalue weighted by atomic mass is 10.2. The lowest BCUT2D eigenvalue weighted by Crippen LogP contribution is -2.11. The lowest BCUT2D eigenvalue weighted by Gasteiger charge is -2.08. The SMILES string of the molecule is C=C(CC)NCc1cccc(NC)c1. The molecule has 0 saturated heterocycles. The van der Waals surface area contributed by atoms with Crippen molar-refractivity contribution in [1.82, 2.24) is 5.32 Å². The van der Waals surface area contributed by atoms with E-state index in [2.05, 4.69) is 48.4 Å². The maximum atomic E-state index is 3.90. The van der Waals surface area contributed by atoms with E-state index in [4.69, 9.17) is 0 Å². The van der Waals surface area contributed by atoms with Crippen LogP contribution in [0.1, 0.15) is 18.9 Å². The predicted molar refractivity (Wildman–Crippen MR) is 62.3 cm³/mol. The van der Waals surface area contributed by atoms with Crippen molar-refractivity contribution in [3.05, 3.63) is 42.1 Å². The smallest absolute Gasteiger partial charge is 0.0398 e. The number of nitrogens with one attached hydrogen (secondary N) is 2. The van der Waals surface area contributed by atoms with Crippen LogP contribution in [0.25, 0.3) is 0 Å². The molecule has 0 aliphatic carbocycles. The largest absolute Gasteiger partial charge is 0.388 e. The Morgan fingerprint density at radius 1 is 1.43 bits per heavy atom. The van der Waals surface area contributed by atoms with Crippen LogP contribution in [0.3, 0.4) is 0 Å². The molecular weight excluding hydrogens is 172 g/mol. The Kier molecular flexibility index (Phi) is 4.05. The van der Waals surface area contributed by atoms with Crippen molar-refractivity contribution in [1.29, 1.82) is 0 Å². The molecule has 0 unspecified atom stereocenters. The minimum Gasteiger partial charge on any atom is -0.388 e. The first kappa shape index (κ1) is 10.6. The highest BCUT2D eigenvalue weighted by atomic mass is 14.9. The third kappa shape index (κ3) is 3.13. The molecule has 0 amide bonds. The van der Waals surface area contributed by atoms with E-state index in [-0.39, 0.29) is 0 Å². The molecule has 2 N–H and O–H groups in total. The van der Waals surface area contributed by atoms with Crippen LogP contribution >= 0.6 is 0 Å². The number of anilines is 1. The normalized spacial score (nSPS) is 9.57. The Morgan fingerprint density at radius 3 is 2.86 bits per heavy atom. The molecule has 0 atom stereocenters. The van der Waals surface area contributed by atoms with Gasteiger partial charge in [0, 0.05) is 25.0 Å². The summed E-state index contributed by atoms with van der Waals surface area (Å²) < 4.78 is 0. The minimum absolute atomic E-state index is 0.849. The first-order chi connectivity index (χ1) is 6.76. The Balaban J connectivity index is 2.54. The van der Waals surface area contributed by atoms with Gasteiger partial charge in [-0.25, -0.2) is 0 Å². The highest BCUT2D eigenvalue weighted by molar-refractivity contribution is 5.44. The van der Waals surface area contributed by atoms with Gasteiger partial charge < -0.3 is 10.6 Å². The van der Waals surface area contributed by atoms with E-state index in [1.807, 2.05) is 7.05 Å². The minimum atomic E-state index is 0.849. The van der Waals surface area contributed by atoms with Gasteiger partial charge in [0.05, 0.1) is 0 Å². The third-order valence-corrected chi connectivity index (χ3v) is 2.18.